The second kappa shape index (κ2) is 21.6. The fraction of sp³-hybridized carbons (Fsp3) is 0.438. The van der Waals surface area contributed by atoms with Crippen LogP contribution in [0.15, 0.2) is 77.7 Å². The Morgan fingerprint density at radius 3 is 2.53 bits per heavy atom. The summed E-state index contributed by atoms with van der Waals surface area (Å²) in [5.74, 6) is -0.0524. The Bertz CT molecular complexity index is 2580. The number of carbonyl (C=O) groups is 4. The van der Waals surface area contributed by atoms with E-state index in [9.17, 15) is 28.0 Å². The van der Waals surface area contributed by atoms with Crippen molar-refractivity contribution in [3.63, 3.8) is 0 Å². The zero-order valence-corrected chi connectivity index (χ0v) is 37.6. The molecule has 6 heterocycles. The van der Waals surface area contributed by atoms with Gasteiger partial charge in [-0.05, 0) is 80.0 Å². The number of hydrogen-bond donors (Lipinski definition) is 5. The standard InChI is InChI=1S/C48H55F2N11O7/c49-44(50)43-38(55-45(63)39-29-68-47(56-39)32-12-15-52-41(24-32)53-26-31-4-5-31)28-61(58-43)34-8-6-30(7-9-34)25-51-16-20-66-22-23-67-21-19-59-17-13-33(14-18-59)54-37-3-1-2-35-36(37)27-60(48(35)65)40-10-11-42(62)57-46(40)64/h1-3,6-9,12,15,24,28-29,31,33,40,44,51,54H,4-5,10-11,13-14,16-23,25-27H2,(H,52,53)(H,55,63)(H,57,62,64). The first-order chi connectivity index (χ1) is 33.1. The highest BCUT2D eigenvalue weighted by Crippen LogP contribution is 2.34. The summed E-state index contributed by atoms with van der Waals surface area (Å²) in [5, 5.41) is 19.2. The molecule has 5 aromatic rings. The highest BCUT2D eigenvalue weighted by Gasteiger charge is 2.40. The highest BCUT2D eigenvalue weighted by molar-refractivity contribution is 6.06. The van der Waals surface area contributed by atoms with Crippen molar-refractivity contribution in [3.05, 3.63) is 101 Å². The number of nitrogens with one attached hydrogen (secondary N) is 5. The van der Waals surface area contributed by atoms with Gasteiger partial charge < -0.3 is 45.0 Å². The van der Waals surface area contributed by atoms with Crippen molar-refractivity contribution in [1.29, 1.82) is 0 Å². The van der Waals surface area contributed by atoms with Gasteiger partial charge in [-0.25, -0.2) is 23.4 Å². The van der Waals surface area contributed by atoms with E-state index in [0.29, 0.717) is 81.0 Å². The summed E-state index contributed by atoms with van der Waals surface area (Å²) in [5.41, 5.74) is 3.80. The molecule has 0 bridgehead atoms. The number of likely N-dealkylation sites (tertiary alicyclic amines) is 1. The number of piperidine rings is 2. The Hall–Kier alpha value is -6.61. The van der Waals surface area contributed by atoms with Crippen LogP contribution in [0.1, 0.15) is 82.6 Å². The monoisotopic (exact) mass is 935 g/mol. The number of carbonyl (C=O) groups excluding carboxylic acids is 4. The lowest BCUT2D eigenvalue weighted by atomic mass is 10.0. The molecule has 1 saturated carbocycles. The minimum Gasteiger partial charge on any atom is -0.444 e. The molecule has 358 valence electrons. The van der Waals surface area contributed by atoms with Gasteiger partial charge in [0.2, 0.25) is 17.7 Å². The molecule has 1 aliphatic carbocycles. The molecule has 1 atom stereocenters. The van der Waals surface area contributed by atoms with E-state index in [1.54, 1.807) is 41.4 Å². The maximum Gasteiger partial charge on any atom is 0.284 e. The van der Waals surface area contributed by atoms with Crippen molar-refractivity contribution in [1.82, 2.24) is 40.2 Å². The van der Waals surface area contributed by atoms with E-state index in [1.807, 2.05) is 24.3 Å². The van der Waals surface area contributed by atoms with E-state index in [0.717, 1.165) is 55.8 Å². The van der Waals surface area contributed by atoms with Crippen LogP contribution >= 0.6 is 0 Å². The lowest BCUT2D eigenvalue weighted by Gasteiger charge is -2.33. The van der Waals surface area contributed by atoms with Crippen LogP contribution in [0.2, 0.25) is 0 Å². The van der Waals surface area contributed by atoms with Crippen molar-refractivity contribution in [2.75, 3.05) is 75.1 Å². The molecular weight excluding hydrogens is 881 g/mol. The van der Waals surface area contributed by atoms with Gasteiger partial charge in [0.25, 0.3) is 18.2 Å². The largest absolute Gasteiger partial charge is 0.444 e. The molecule has 4 amide bonds. The van der Waals surface area contributed by atoms with Gasteiger partial charge in [0.15, 0.2) is 11.4 Å². The molecule has 3 aliphatic heterocycles. The molecule has 5 N–H and O–H groups in total. The average molecular weight is 936 g/mol. The smallest absolute Gasteiger partial charge is 0.284 e. The second-order valence-corrected chi connectivity index (χ2v) is 17.5. The summed E-state index contributed by atoms with van der Waals surface area (Å²) in [7, 11) is 0. The van der Waals surface area contributed by atoms with Crippen LogP contribution in [0.25, 0.3) is 17.1 Å². The summed E-state index contributed by atoms with van der Waals surface area (Å²) < 4.78 is 46.6. The quantitative estimate of drug-likeness (QED) is 0.0435. The van der Waals surface area contributed by atoms with Gasteiger partial charge in [-0.3, -0.25) is 24.5 Å². The average Bonchev–Trinajstić information content (AvgIpc) is 3.69. The first-order valence-corrected chi connectivity index (χ1v) is 23.2. The van der Waals surface area contributed by atoms with Crippen molar-refractivity contribution in [2.24, 2.45) is 5.92 Å². The van der Waals surface area contributed by atoms with Gasteiger partial charge in [-0.2, -0.15) is 5.10 Å². The van der Waals surface area contributed by atoms with Gasteiger partial charge in [-0.1, -0.05) is 18.2 Å². The van der Waals surface area contributed by atoms with Crippen molar-refractivity contribution in [3.8, 4) is 17.1 Å². The normalized spacial score (nSPS) is 17.7. The fourth-order valence-corrected chi connectivity index (χ4v) is 8.61. The third-order valence-electron chi connectivity index (χ3n) is 12.6. The lowest BCUT2D eigenvalue weighted by molar-refractivity contribution is -0.136. The molecule has 2 aromatic carbocycles. The van der Waals surface area contributed by atoms with Crippen LogP contribution in [-0.4, -0.2) is 124 Å². The highest BCUT2D eigenvalue weighted by atomic mass is 19.3. The van der Waals surface area contributed by atoms with Gasteiger partial charge in [0.1, 0.15) is 18.1 Å². The van der Waals surface area contributed by atoms with Gasteiger partial charge in [0.05, 0.1) is 44.0 Å². The maximum atomic E-state index is 14.1. The second-order valence-electron chi connectivity index (χ2n) is 17.5. The minimum absolute atomic E-state index is 0.0683. The van der Waals surface area contributed by atoms with E-state index in [2.05, 4.69) is 46.6 Å². The predicted octanol–water partition coefficient (Wildman–Crippen LogP) is 5.39. The van der Waals surface area contributed by atoms with Gasteiger partial charge in [-0.15, -0.1) is 0 Å². The maximum absolute atomic E-state index is 14.1. The number of pyridine rings is 1. The number of nitrogens with zero attached hydrogens (tertiary/aromatic N) is 6. The fourth-order valence-electron chi connectivity index (χ4n) is 8.61. The van der Waals surface area contributed by atoms with Crippen molar-refractivity contribution in [2.45, 2.75) is 70.1 Å². The molecule has 4 aliphatic rings. The van der Waals surface area contributed by atoms with Crippen LogP contribution in [0.3, 0.4) is 0 Å². The van der Waals surface area contributed by atoms with E-state index >= 15 is 0 Å². The van der Waals surface area contributed by atoms with Crippen molar-refractivity contribution >= 4 is 40.8 Å². The molecule has 3 fully saturated rings. The van der Waals surface area contributed by atoms with Crippen molar-refractivity contribution < 1.29 is 41.8 Å². The number of aromatic nitrogens is 4. The number of anilines is 3. The summed E-state index contributed by atoms with van der Waals surface area (Å²) in [6.07, 6.45) is 6.09. The van der Waals surface area contributed by atoms with Crippen LogP contribution in [0.4, 0.5) is 26.0 Å². The Labute approximate surface area is 391 Å². The zero-order chi connectivity index (χ0) is 47.0. The number of ether oxygens (including phenoxy) is 2. The number of halogens is 2. The number of imide groups is 1. The predicted molar refractivity (Wildman–Crippen MR) is 246 cm³/mol. The van der Waals surface area contributed by atoms with Crippen LogP contribution in [0.5, 0.6) is 0 Å². The van der Waals surface area contributed by atoms with Crippen LogP contribution < -0.4 is 26.6 Å². The number of alkyl halides is 2. The van der Waals surface area contributed by atoms with E-state index < -0.39 is 30.0 Å². The number of hydrogen-bond acceptors (Lipinski definition) is 14. The number of oxazole rings is 1. The Balaban J connectivity index is 0.636. The van der Waals surface area contributed by atoms with Gasteiger partial charge in [0, 0.05) is 86.9 Å². The Kier molecular flexibility index (Phi) is 14.7. The molecule has 3 aromatic heterocycles. The molecule has 0 spiro atoms. The topological polar surface area (TPSA) is 210 Å². The third kappa shape index (κ3) is 11.6. The molecular formula is C48H55F2N11O7. The van der Waals surface area contributed by atoms with Crippen LogP contribution in [-0.2, 0) is 32.2 Å². The summed E-state index contributed by atoms with van der Waals surface area (Å²) >= 11 is 0. The Morgan fingerprint density at radius 2 is 1.75 bits per heavy atom. The number of benzene rings is 2. The molecule has 2 saturated heterocycles. The summed E-state index contributed by atoms with van der Waals surface area (Å²) in [6, 6.07) is 16.1. The molecule has 1 unspecified atom stereocenters. The molecule has 0 radical (unpaired) electrons. The summed E-state index contributed by atoms with van der Waals surface area (Å²) in [4.78, 5) is 63.0. The SMILES string of the molecule is O=C1CCC(N2Cc3c(NC4CCN(CCOCCOCCNCc5ccc(-n6cc(NC(=O)c7coc(-c8ccnc(NCC9CC9)c8)n7)c(C(F)F)n6)cc5)CC4)cccc3C2=O)C(=O)N1. The Morgan fingerprint density at radius 1 is 0.941 bits per heavy atom. The van der Waals surface area contributed by atoms with Crippen LogP contribution in [0, 0.1) is 5.92 Å². The number of fused-ring (bicyclic) bond motifs is 1. The zero-order valence-electron chi connectivity index (χ0n) is 37.6. The summed E-state index contributed by atoms with van der Waals surface area (Å²) in [6.45, 7) is 7.13. The molecule has 9 rings (SSSR count). The molecule has 18 nitrogen and oxygen atoms in total. The van der Waals surface area contributed by atoms with E-state index in [-0.39, 0.29) is 41.5 Å². The molecule has 20 heteroatoms. The third-order valence-corrected chi connectivity index (χ3v) is 12.6. The van der Waals surface area contributed by atoms with E-state index in [4.69, 9.17) is 13.9 Å². The minimum atomic E-state index is -2.93. The lowest BCUT2D eigenvalue weighted by Crippen LogP contribution is -2.52. The molecule has 68 heavy (non-hydrogen) atoms. The number of rotatable bonds is 22. The number of amides is 4. The first kappa shape index (κ1) is 46.5. The van der Waals surface area contributed by atoms with Gasteiger partial charge >= 0.3 is 0 Å². The van der Waals surface area contributed by atoms with E-state index in [1.165, 1.54) is 30.0 Å². The first-order valence-electron chi connectivity index (χ1n) is 23.2.